The van der Waals surface area contributed by atoms with E-state index in [2.05, 4.69) is 27.6 Å². The number of aliphatic hydroxyl groups excluding tert-OH is 1. The summed E-state index contributed by atoms with van der Waals surface area (Å²) in [5.41, 5.74) is 4.59. The molecule has 3 N–H and O–H groups in total. The molecule has 1 aromatic heterocycles. The molecule has 0 bridgehead atoms. The average molecular weight is 505 g/mol. The van der Waals surface area contributed by atoms with Crippen molar-refractivity contribution in [1.82, 2.24) is 15.2 Å². The second-order valence-corrected chi connectivity index (χ2v) is 9.29. The molecule has 1 fully saturated rings. The minimum atomic E-state index is -0.538. The number of ether oxygens (including phenoxy) is 2. The Hall–Kier alpha value is -3.30. The van der Waals surface area contributed by atoms with Crippen LogP contribution in [0.3, 0.4) is 0 Å². The standard InChI is InChI=1S/C29H36N4O4/c1-3-30-29(35)32-25-13-11-23(12-14-25)28-36-26(19-33(2)17-15-24-6-4-5-16-31-24)18-27(37-28)22-9-7-21(20-34)8-10-22/h4-14,16,26-28,34H,3,15,17-20H2,1-2H3,(H2,30,32,35)/t26-,27+,28+/m0/s1. The number of pyridine rings is 1. The molecule has 1 aliphatic heterocycles. The highest BCUT2D eigenvalue weighted by Crippen LogP contribution is 2.38. The van der Waals surface area contributed by atoms with Gasteiger partial charge in [-0.2, -0.15) is 0 Å². The maximum atomic E-state index is 11.8. The van der Waals surface area contributed by atoms with E-state index in [4.69, 9.17) is 9.47 Å². The van der Waals surface area contributed by atoms with E-state index in [1.54, 1.807) is 0 Å². The number of aliphatic hydroxyl groups is 1. The highest BCUT2D eigenvalue weighted by molar-refractivity contribution is 5.89. The van der Waals surface area contributed by atoms with Gasteiger partial charge < -0.3 is 30.1 Å². The van der Waals surface area contributed by atoms with Crippen LogP contribution < -0.4 is 10.6 Å². The third kappa shape index (κ3) is 7.84. The lowest BCUT2D eigenvalue weighted by molar-refractivity contribution is -0.252. The van der Waals surface area contributed by atoms with E-state index in [0.29, 0.717) is 12.2 Å². The minimum Gasteiger partial charge on any atom is -0.392 e. The first kappa shape index (κ1) is 26.8. The number of aromatic nitrogens is 1. The third-order valence-electron chi connectivity index (χ3n) is 6.38. The number of benzene rings is 2. The molecule has 0 spiro atoms. The van der Waals surface area contributed by atoms with E-state index in [1.807, 2.05) is 79.9 Å². The number of rotatable bonds is 10. The number of likely N-dealkylation sites (N-methyl/N-ethyl adjacent to an activating group) is 1. The molecule has 0 saturated carbocycles. The highest BCUT2D eigenvalue weighted by atomic mass is 16.7. The van der Waals surface area contributed by atoms with Gasteiger partial charge in [0, 0.05) is 55.6 Å². The Bertz CT molecular complexity index is 1110. The lowest BCUT2D eigenvalue weighted by Crippen LogP contribution is -2.38. The average Bonchev–Trinajstić information content (AvgIpc) is 2.93. The van der Waals surface area contributed by atoms with Crippen molar-refractivity contribution in [2.45, 2.75) is 44.9 Å². The predicted octanol–water partition coefficient (Wildman–Crippen LogP) is 4.44. The van der Waals surface area contributed by atoms with Gasteiger partial charge in [0.05, 0.1) is 18.8 Å². The van der Waals surface area contributed by atoms with Crippen molar-refractivity contribution in [2.75, 3.05) is 32.0 Å². The largest absolute Gasteiger partial charge is 0.392 e. The maximum absolute atomic E-state index is 11.8. The van der Waals surface area contributed by atoms with Gasteiger partial charge in [-0.15, -0.1) is 0 Å². The topological polar surface area (TPSA) is 96.0 Å². The summed E-state index contributed by atoms with van der Waals surface area (Å²) in [6.45, 7) is 4.08. The fourth-order valence-corrected chi connectivity index (χ4v) is 4.38. The van der Waals surface area contributed by atoms with Crippen LogP contribution in [0, 0.1) is 0 Å². The van der Waals surface area contributed by atoms with Gasteiger partial charge in [-0.25, -0.2) is 4.79 Å². The Morgan fingerprint density at radius 1 is 1.05 bits per heavy atom. The molecule has 3 atom stereocenters. The molecule has 2 heterocycles. The predicted molar refractivity (Wildman–Crippen MR) is 143 cm³/mol. The second-order valence-electron chi connectivity index (χ2n) is 9.29. The molecule has 0 aliphatic carbocycles. The molecule has 0 unspecified atom stereocenters. The van der Waals surface area contributed by atoms with E-state index in [-0.39, 0.29) is 24.8 Å². The number of carbonyl (C=O) groups is 1. The Morgan fingerprint density at radius 3 is 2.49 bits per heavy atom. The number of hydrogen-bond donors (Lipinski definition) is 3. The number of nitrogens with one attached hydrogen (secondary N) is 2. The van der Waals surface area contributed by atoms with Gasteiger partial charge in [0.25, 0.3) is 0 Å². The van der Waals surface area contributed by atoms with E-state index in [1.165, 1.54) is 0 Å². The highest BCUT2D eigenvalue weighted by Gasteiger charge is 2.32. The molecule has 196 valence electrons. The quantitative estimate of drug-likeness (QED) is 0.378. The molecule has 0 radical (unpaired) electrons. The second kappa shape index (κ2) is 13.3. The monoisotopic (exact) mass is 504 g/mol. The molecular formula is C29H36N4O4. The summed E-state index contributed by atoms with van der Waals surface area (Å²) in [7, 11) is 2.10. The molecule has 8 heteroatoms. The van der Waals surface area contributed by atoms with E-state index in [9.17, 15) is 9.90 Å². The Kier molecular flexibility index (Phi) is 9.62. The third-order valence-corrected chi connectivity index (χ3v) is 6.38. The molecular weight excluding hydrogens is 468 g/mol. The summed E-state index contributed by atoms with van der Waals surface area (Å²) in [5, 5.41) is 15.0. The molecule has 1 saturated heterocycles. The van der Waals surface area contributed by atoms with Crippen molar-refractivity contribution in [3.8, 4) is 0 Å². The van der Waals surface area contributed by atoms with Crippen molar-refractivity contribution in [3.05, 3.63) is 95.3 Å². The molecule has 1 aliphatic rings. The number of urea groups is 1. The smallest absolute Gasteiger partial charge is 0.319 e. The first-order valence-corrected chi connectivity index (χ1v) is 12.8. The van der Waals surface area contributed by atoms with Gasteiger partial charge in [0.15, 0.2) is 6.29 Å². The van der Waals surface area contributed by atoms with Crippen LogP contribution in [-0.4, -0.2) is 53.8 Å². The molecule has 2 amide bonds. The lowest BCUT2D eigenvalue weighted by Gasteiger charge is -2.38. The minimum absolute atomic E-state index is 0.0118. The summed E-state index contributed by atoms with van der Waals surface area (Å²) in [6, 6.07) is 21.2. The number of carbonyl (C=O) groups excluding carboxylic acids is 1. The van der Waals surface area contributed by atoms with Gasteiger partial charge in [-0.05, 0) is 49.4 Å². The van der Waals surface area contributed by atoms with Crippen molar-refractivity contribution in [3.63, 3.8) is 0 Å². The molecule has 37 heavy (non-hydrogen) atoms. The number of anilines is 1. The number of nitrogens with zero attached hydrogens (tertiary/aromatic N) is 2. The molecule has 2 aromatic carbocycles. The van der Waals surface area contributed by atoms with Crippen LogP contribution in [0.5, 0.6) is 0 Å². The van der Waals surface area contributed by atoms with Crippen molar-refractivity contribution < 1.29 is 19.4 Å². The maximum Gasteiger partial charge on any atom is 0.319 e. The van der Waals surface area contributed by atoms with Gasteiger partial charge in [0.1, 0.15) is 0 Å². The van der Waals surface area contributed by atoms with Crippen LogP contribution in [0.2, 0.25) is 0 Å². The van der Waals surface area contributed by atoms with E-state index < -0.39 is 6.29 Å². The van der Waals surface area contributed by atoms with Gasteiger partial charge in [-0.1, -0.05) is 42.5 Å². The van der Waals surface area contributed by atoms with Gasteiger partial charge >= 0.3 is 6.03 Å². The fraction of sp³-hybridized carbons (Fsp3) is 0.379. The molecule has 3 aromatic rings. The Labute approximate surface area is 218 Å². The summed E-state index contributed by atoms with van der Waals surface area (Å²) in [4.78, 5) is 18.5. The summed E-state index contributed by atoms with van der Waals surface area (Å²) in [6.07, 6.45) is 2.70. The summed E-state index contributed by atoms with van der Waals surface area (Å²) >= 11 is 0. The van der Waals surface area contributed by atoms with E-state index in [0.717, 1.165) is 48.3 Å². The van der Waals surface area contributed by atoms with Crippen molar-refractivity contribution >= 4 is 11.7 Å². The van der Waals surface area contributed by atoms with Crippen LogP contribution in [0.25, 0.3) is 0 Å². The Morgan fingerprint density at radius 2 is 1.81 bits per heavy atom. The number of amides is 2. The molecule has 8 nitrogen and oxygen atoms in total. The summed E-state index contributed by atoms with van der Waals surface area (Å²) < 4.78 is 12.9. The van der Waals surface area contributed by atoms with Gasteiger partial charge in [0.2, 0.25) is 0 Å². The van der Waals surface area contributed by atoms with Crippen LogP contribution in [0.4, 0.5) is 10.5 Å². The van der Waals surface area contributed by atoms with Crippen molar-refractivity contribution in [2.24, 2.45) is 0 Å². The fourth-order valence-electron chi connectivity index (χ4n) is 4.38. The van der Waals surface area contributed by atoms with Crippen LogP contribution in [0.1, 0.15) is 48.1 Å². The zero-order chi connectivity index (χ0) is 26.0. The van der Waals surface area contributed by atoms with Crippen LogP contribution in [-0.2, 0) is 22.5 Å². The summed E-state index contributed by atoms with van der Waals surface area (Å²) in [5.74, 6) is 0. The molecule has 4 rings (SSSR count). The van der Waals surface area contributed by atoms with Crippen LogP contribution >= 0.6 is 0 Å². The first-order chi connectivity index (χ1) is 18.0. The zero-order valence-corrected chi connectivity index (χ0v) is 21.5. The Balaban J connectivity index is 1.45. The lowest BCUT2D eigenvalue weighted by atomic mass is 9.99. The zero-order valence-electron chi connectivity index (χ0n) is 21.5. The SMILES string of the molecule is CCNC(=O)Nc1ccc([C@@H]2O[C@H](CN(C)CCc3ccccn3)C[C@H](c3ccc(CO)cc3)O2)cc1. The van der Waals surface area contributed by atoms with E-state index >= 15 is 0 Å². The van der Waals surface area contributed by atoms with Crippen molar-refractivity contribution in [1.29, 1.82) is 0 Å². The first-order valence-electron chi connectivity index (χ1n) is 12.8. The normalized spacial score (nSPS) is 19.5. The number of hydrogen-bond acceptors (Lipinski definition) is 6. The van der Waals surface area contributed by atoms with Gasteiger partial charge in [-0.3, -0.25) is 4.98 Å². The van der Waals surface area contributed by atoms with Crippen LogP contribution in [0.15, 0.2) is 72.9 Å².